The van der Waals surface area contributed by atoms with E-state index in [0.29, 0.717) is 11.4 Å². The molecule has 21 heavy (non-hydrogen) atoms. The van der Waals surface area contributed by atoms with Crippen molar-refractivity contribution < 1.29 is 5.21 Å². The topological polar surface area (TPSA) is 89.3 Å². The predicted molar refractivity (Wildman–Crippen MR) is 80.8 cm³/mol. The average molecular weight is 281 g/mol. The summed E-state index contributed by atoms with van der Waals surface area (Å²) in [6.45, 7) is 3.80. The molecule has 0 atom stereocenters. The monoisotopic (exact) mass is 281 g/mol. The molecule has 3 N–H and O–H groups in total. The van der Waals surface area contributed by atoms with E-state index in [4.69, 9.17) is 10.9 Å². The van der Waals surface area contributed by atoms with E-state index >= 15 is 0 Å². The van der Waals surface area contributed by atoms with E-state index in [1.54, 1.807) is 10.9 Å². The molecule has 0 aliphatic carbocycles. The van der Waals surface area contributed by atoms with Crippen molar-refractivity contribution in [3.8, 4) is 5.82 Å². The molecule has 0 fully saturated rings. The molecule has 0 amide bonds. The molecule has 1 aromatic carbocycles. The van der Waals surface area contributed by atoms with E-state index < -0.39 is 0 Å². The van der Waals surface area contributed by atoms with E-state index in [-0.39, 0.29) is 5.84 Å². The normalized spacial score (nSPS) is 12.0. The summed E-state index contributed by atoms with van der Waals surface area (Å²) < 4.78 is 1.71. The van der Waals surface area contributed by atoms with Crippen LogP contribution in [0, 0.1) is 13.8 Å². The molecule has 0 saturated heterocycles. The Morgan fingerprint density at radius 3 is 2.81 bits per heavy atom. The maximum Gasteiger partial charge on any atom is 0.174 e. The number of hydrogen-bond acceptors (Lipinski definition) is 4. The third-order valence-electron chi connectivity index (χ3n) is 3.37. The highest BCUT2D eigenvalue weighted by Gasteiger charge is 2.17. The molecule has 0 aliphatic rings. The minimum atomic E-state index is 0.0228. The summed E-state index contributed by atoms with van der Waals surface area (Å²) in [6, 6.07) is 9.71. The summed E-state index contributed by atoms with van der Waals surface area (Å²) in [7, 11) is 0. The summed E-state index contributed by atoms with van der Waals surface area (Å²) >= 11 is 0. The van der Waals surface area contributed by atoms with Crippen molar-refractivity contribution in [3.63, 3.8) is 0 Å². The van der Waals surface area contributed by atoms with Crippen molar-refractivity contribution in [1.82, 2.24) is 14.8 Å². The molecule has 3 aromatic rings. The summed E-state index contributed by atoms with van der Waals surface area (Å²) in [5, 5.41) is 17.5. The lowest BCUT2D eigenvalue weighted by Crippen LogP contribution is -2.20. The number of aryl methyl sites for hydroxylation is 2. The molecule has 0 aliphatic heterocycles. The van der Waals surface area contributed by atoms with Gasteiger partial charge in [0.15, 0.2) is 11.7 Å². The molecule has 0 spiro atoms. The molecule has 6 nitrogen and oxygen atoms in total. The maximum absolute atomic E-state index is 9.02. The van der Waals surface area contributed by atoms with Crippen molar-refractivity contribution >= 4 is 16.7 Å². The zero-order valence-electron chi connectivity index (χ0n) is 11.8. The number of para-hydroxylation sites is 1. The van der Waals surface area contributed by atoms with Crippen LogP contribution in [0.3, 0.4) is 0 Å². The highest BCUT2D eigenvalue weighted by atomic mass is 16.4. The van der Waals surface area contributed by atoms with Crippen LogP contribution in [0.1, 0.15) is 16.8 Å². The van der Waals surface area contributed by atoms with Gasteiger partial charge in [0.2, 0.25) is 0 Å². The van der Waals surface area contributed by atoms with Gasteiger partial charge in [0.25, 0.3) is 0 Å². The van der Waals surface area contributed by atoms with Gasteiger partial charge in [-0.25, -0.2) is 9.67 Å². The van der Waals surface area contributed by atoms with Gasteiger partial charge < -0.3 is 10.9 Å². The number of aromatic nitrogens is 3. The van der Waals surface area contributed by atoms with E-state index in [9.17, 15) is 0 Å². The summed E-state index contributed by atoms with van der Waals surface area (Å²) in [5.41, 5.74) is 9.04. The van der Waals surface area contributed by atoms with Crippen LogP contribution < -0.4 is 5.73 Å². The van der Waals surface area contributed by atoms with Crippen LogP contribution in [0.5, 0.6) is 0 Å². The number of oxime groups is 1. The second kappa shape index (κ2) is 4.90. The number of amidine groups is 1. The van der Waals surface area contributed by atoms with Crippen molar-refractivity contribution in [2.45, 2.75) is 13.8 Å². The van der Waals surface area contributed by atoms with E-state index in [1.165, 1.54) is 0 Å². The molecule has 6 heteroatoms. The Morgan fingerprint density at radius 2 is 2.05 bits per heavy atom. The van der Waals surface area contributed by atoms with Crippen molar-refractivity contribution in [2.24, 2.45) is 10.9 Å². The number of rotatable bonds is 2. The number of fused-ring (bicyclic) bond motifs is 1. The van der Waals surface area contributed by atoms with Crippen molar-refractivity contribution in [3.05, 3.63) is 53.3 Å². The fourth-order valence-corrected chi connectivity index (χ4v) is 2.48. The van der Waals surface area contributed by atoms with Gasteiger partial charge in [0.1, 0.15) is 0 Å². The standard InChI is InChI=1S/C15H15N5O/c1-9-7-10(2)18-15(13(9)14(16)19-21)20-12-6-4-3-5-11(12)8-17-20/h3-8,21H,1-2H3,(H2,16,19). The van der Waals surface area contributed by atoms with Crippen LogP contribution in [0.25, 0.3) is 16.7 Å². The zero-order valence-corrected chi connectivity index (χ0v) is 11.8. The van der Waals surface area contributed by atoms with E-state index in [0.717, 1.165) is 22.2 Å². The smallest absolute Gasteiger partial charge is 0.174 e. The van der Waals surface area contributed by atoms with Gasteiger partial charge in [0.05, 0.1) is 17.3 Å². The first-order valence-electron chi connectivity index (χ1n) is 6.51. The van der Waals surface area contributed by atoms with E-state index in [2.05, 4.69) is 15.2 Å². The Hall–Kier alpha value is -2.89. The third-order valence-corrected chi connectivity index (χ3v) is 3.37. The summed E-state index contributed by atoms with van der Waals surface area (Å²) in [5.74, 6) is 0.582. The molecular weight excluding hydrogens is 266 g/mol. The molecule has 2 heterocycles. The van der Waals surface area contributed by atoms with Gasteiger partial charge in [0, 0.05) is 11.1 Å². The molecular formula is C15H15N5O. The van der Waals surface area contributed by atoms with E-state index in [1.807, 2.05) is 44.2 Å². The minimum Gasteiger partial charge on any atom is -0.409 e. The van der Waals surface area contributed by atoms with Gasteiger partial charge in [-0.1, -0.05) is 23.4 Å². The molecule has 0 radical (unpaired) electrons. The van der Waals surface area contributed by atoms with Crippen LogP contribution >= 0.6 is 0 Å². The maximum atomic E-state index is 9.02. The van der Waals surface area contributed by atoms with Crippen LogP contribution in [0.2, 0.25) is 0 Å². The molecule has 106 valence electrons. The Bertz CT molecular complexity index is 850. The van der Waals surface area contributed by atoms with Gasteiger partial charge in [-0.05, 0) is 31.5 Å². The van der Waals surface area contributed by atoms with Gasteiger partial charge in [-0.3, -0.25) is 0 Å². The molecule has 3 rings (SSSR count). The quantitative estimate of drug-likeness (QED) is 0.326. The Kier molecular flexibility index (Phi) is 3.06. The van der Waals surface area contributed by atoms with Crippen LogP contribution in [0.4, 0.5) is 0 Å². The number of benzene rings is 1. The SMILES string of the molecule is Cc1cc(C)c(C(N)=NO)c(-n2ncc3ccccc32)n1. The first-order valence-corrected chi connectivity index (χ1v) is 6.51. The predicted octanol–water partition coefficient (Wildman–Crippen LogP) is 2.13. The molecule has 0 unspecified atom stereocenters. The lowest BCUT2D eigenvalue weighted by Gasteiger charge is -2.12. The summed E-state index contributed by atoms with van der Waals surface area (Å²) in [6.07, 6.45) is 1.77. The highest BCUT2D eigenvalue weighted by Crippen LogP contribution is 2.22. The van der Waals surface area contributed by atoms with Crippen molar-refractivity contribution in [2.75, 3.05) is 0 Å². The van der Waals surface area contributed by atoms with Gasteiger partial charge in [-0.2, -0.15) is 5.10 Å². The van der Waals surface area contributed by atoms with Gasteiger partial charge >= 0.3 is 0 Å². The highest BCUT2D eigenvalue weighted by molar-refractivity contribution is 6.01. The minimum absolute atomic E-state index is 0.0228. The average Bonchev–Trinajstić information content (AvgIpc) is 2.89. The second-order valence-corrected chi connectivity index (χ2v) is 4.88. The number of nitrogens with zero attached hydrogens (tertiary/aromatic N) is 4. The number of hydrogen-bond donors (Lipinski definition) is 2. The second-order valence-electron chi connectivity index (χ2n) is 4.88. The number of nitrogens with two attached hydrogens (primary N) is 1. The fourth-order valence-electron chi connectivity index (χ4n) is 2.48. The fraction of sp³-hybridized carbons (Fsp3) is 0.133. The number of pyridine rings is 1. The summed E-state index contributed by atoms with van der Waals surface area (Å²) in [4.78, 5) is 4.52. The Balaban J connectivity index is 2.36. The Morgan fingerprint density at radius 1 is 1.29 bits per heavy atom. The largest absolute Gasteiger partial charge is 0.409 e. The van der Waals surface area contributed by atoms with Crippen LogP contribution in [0.15, 0.2) is 41.7 Å². The first kappa shape index (κ1) is 13.1. The third kappa shape index (κ3) is 2.10. The molecule has 2 aromatic heterocycles. The Labute approximate surface area is 121 Å². The first-order chi connectivity index (χ1) is 10.1. The lowest BCUT2D eigenvalue weighted by molar-refractivity contribution is 0.318. The molecule has 0 bridgehead atoms. The zero-order chi connectivity index (χ0) is 15.0. The van der Waals surface area contributed by atoms with Crippen LogP contribution in [-0.2, 0) is 0 Å². The van der Waals surface area contributed by atoms with Gasteiger partial charge in [-0.15, -0.1) is 0 Å². The van der Waals surface area contributed by atoms with Crippen molar-refractivity contribution in [1.29, 1.82) is 0 Å². The molecule has 0 saturated carbocycles. The lowest BCUT2D eigenvalue weighted by atomic mass is 10.1. The van der Waals surface area contributed by atoms with Crippen LogP contribution in [-0.4, -0.2) is 25.8 Å².